The van der Waals surface area contributed by atoms with Crippen LogP contribution in [0.1, 0.15) is 51.4 Å². The van der Waals surface area contributed by atoms with Gasteiger partial charge >= 0.3 is 0 Å². The van der Waals surface area contributed by atoms with Crippen molar-refractivity contribution in [2.75, 3.05) is 11.9 Å². The highest BCUT2D eigenvalue weighted by Crippen LogP contribution is 2.39. The molecule has 2 aliphatic rings. The number of likely N-dealkylation sites (tertiary alicyclic amines) is 1. The van der Waals surface area contributed by atoms with E-state index in [9.17, 15) is 9.59 Å². The maximum Gasteiger partial charge on any atom is 0.229 e. The van der Waals surface area contributed by atoms with Crippen LogP contribution in [0.25, 0.3) is 0 Å². The Hall–Kier alpha value is -0.380. The van der Waals surface area contributed by atoms with Crippen molar-refractivity contribution in [2.45, 2.75) is 51.4 Å². The molecule has 1 saturated carbocycles. The van der Waals surface area contributed by atoms with E-state index in [1.165, 1.54) is 24.2 Å². The summed E-state index contributed by atoms with van der Waals surface area (Å²) in [5, 5.41) is 0.900. The van der Waals surface area contributed by atoms with Crippen LogP contribution in [-0.2, 0) is 9.59 Å². The average Bonchev–Trinajstić information content (AvgIpc) is 2.35. The van der Waals surface area contributed by atoms with Crippen LogP contribution >= 0.6 is 15.9 Å². The SMILES string of the molecule is O=C1CCCC(=O)N1CC1(CBr)CCCCC1. The van der Waals surface area contributed by atoms with Gasteiger partial charge in [0.25, 0.3) is 0 Å². The van der Waals surface area contributed by atoms with E-state index in [4.69, 9.17) is 0 Å². The molecule has 1 saturated heterocycles. The van der Waals surface area contributed by atoms with E-state index in [0.29, 0.717) is 19.4 Å². The summed E-state index contributed by atoms with van der Waals surface area (Å²) in [6, 6.07) is 0. The summed E-state index contributed by atoms with van der Waals surface area (Å²) >= 11 is 3.59. The standard InChI is InChI=1S/C13H20BrNO2/c14-9-13(7-2-1-3-8-13)10-15-11(16)5-4-6-12(15)17/h1-10H2. The Balaban J connectivity index is 2.06. The summed E-state index contributed by atoms with van der Waals surface area (Å²) in [6.07, 6.45) is 7.83. The molecule has 4 heteroatoms. The number of alkyl halides is 1. The highest BCUT2D eigenvalue weighted by Gasteiger charge is 2.37. The van der Waals surface area contributed by atoms with Crippen LogP contribution in [-0.4, -0.2) is 28.6 Å². The highest BCUT2D eigenvalue weighted by atomic mass is 79.9. The maximum absolute atomic E-state index is 11.8. The predicted octanol–water partition coefficient (Wildman–Crippen LogP) is 2.87. The van der Waals surface area contributed by atoms with E-state index in [1.807, 2.05) is 0 Å². The number of amides is 2. The van der Waals surface area contributed by atoms with Gasteiger partial charge in [-0.05, 0) is 24.7 Å². The fraction of sp³-hybridized carbons (Fsp3) is 0.846. The van der Waals surface area contributed by atoms with Crippen LogP contribution < -0.4 is 0 Å². The molecule has 0 unspecified atom stereocenters. The summed E-state index contributed by atoms with van der Waals surface area (Å²) in [6.45, 7) is 0.635. The van der Waals surface area contributed by atoms with Crippen LogP contribution in [0.15, 0.2) is 0 Å². The zero-order valence-electron chi connectivity index (χ0n) is 10.2. The minimum atomic E-state index is 0.0344. The molecular weight excluding hydrogens is 282 g/mol. The molecule has 0 aromatic rings. The first kappa shape index (κ1) is 13.1. The molecule has 2 amide bonds. The van der Waals surface area contributed by atoms with Crippen molar-refractivity contribution in [1.82, 2.24) is 4.90 Å². The smallest absolute Gasteiger partial charge is 0.229 e. The number of halogens is 1. The summed E-state index contributed by atoms with van der Waals surface area (Å²) in [5.41, 5.74) is 0.140. The molecule has 0 radical (unpaired) electrons. The minimum Gasteiger partial charge on any atom is -0.282 e. The number of carbonyl (C=O) groups excluding carboxylic acids is 2. The minimum absolute atomic E-state index is 0.0344. The lowest BCUT2D eigenvalue weighted by Gasteiger charge is -2.40. The third kappa shape index (κ3) is 2.90. The monoisotopic (exact) mass is 301 g/mol. The summed E-state index contributed by atoms with van der Waals surface area (Å²) in [4.78, 5) is 25.2. The number of imide groups is 1. The molecule has 2 fully saturated rings. The summed E-state index contributed by atoms with van der Waals surface area (Å²) in [5.74, 6) is 0.0688. The Morgan fingerprint density at radius 2 is 1.59 bits per heavy atom. The molecule has 1 heterocycles. The third-order valence-electron chi connectivity index (χ3n) is 4.07. The van der Waals surface area contributed by atoms with Gasteiger partial charge in [0, 0.05) is 24.7 Å². The summed E-state index contributed by atoms with van der Waals surface area (Å²) < 4.78 is 0. The Morgan fingerprint density at radius 1 is 1.00 bits per heavy atom. The number of hydrogen-bond donors (Lipinski definition) is 0. The Labute approximate surface area is 111 Å². The van der Waals surface area contributed by atoms with E-state index in [-0.39, 0.29) is 17.2 Å². The average molecular weight is 302 g/mol. The van der Waals surface area contributed by atoms with E-state index in [2.05, 4.69) is 15.9 Å². The second-order valence-electron chi connectivity index (χ2n) is 5.42. The van der Waals surface area contributed by atoms with Gasteiger partial charge in [0.1, 0.15) is 0 Å². The van der Waals surface area contributed by atoms with Gasteiger partial charge in [-0.15, -0.1) is 0 Å². The van der Waals surface area contributed by atoms with Crippen LogP contribution in [0, 0.1) is 5.41 Å². The number of nitrogens with zero attached hydrogens (tertiary/aromatic N) is 1. The maximum atomic E-state index is 11.8. The van der Waals surface area contributed by atoms with Crippen molar-refractivity contribution in [3.63, 3.8) is 0 Å². The van der Waals surface area contributed by atoms with Crippen LogP contribution in [0.3, 0.4) is 0 Å². The largest absolute Gasteiger partial charge is 0.282 e. The zero-order valence-corrected chi connectivity index (χ0v) is 11.8. The van der Waals surface area contributed by atoms with Crippen molar-refractivity contribution in [3.8, 4) is 0 Å². The van der Waals surface area contributed by atoms with Gasteiger partial charge in [-0.2, -0.15) is 0 Å². The number of hydrogen-bond acceptors (Lipinski definition) is 2. The Kier molecular flexibility index (Phi) is 4.23. The molecule has 0 N–H and O–H groups in total. The lowest BCUT2D eigenvalue weighted by atomic mass is 9.75. The highest BCUT2D eigenvalue weighted by molar-refractivity contribution is 9.09. The van der Waals surface area contributed by atoms with E-state index in [1.54, 1.807) is 0 Å². The van der Waals surface area contributed by atoms with Gasteiger partial charge in [-0.3, -0.25) is 14.5 Å². The molecule has 17 heavy (non-hydrogen) atoms. The van der Waals surface area contributed by atoms with Crippen molar-refractivity contribution < 1.29 is 9.59 Å². The van der Waals surface area contributed by atoms with Crippen molar-refractivity contribution >= 4 is 27.7 Å². The fourth-order valence-electron chi connectivity index (χ4n) is 2.95. The van der Waals surface area contributed by atoms with Gasteiger partial charge in [0.2, 0.25) is 11.8 Å². The number of carbonyl (C=O) groups is 2. The third-order valence-corrected chi connectivity index (χ3v) is 5.26. The second kappa shape index (κ2) is 5.51. The molecule has 1 aliphatic carbocycles. The quantitative estimate of drug-likeness (QED) is 0.594. The van der Waals surface area contributed by atoms with E-state index >= 15 is 0 Å². The predicted molar refractivity (Wildman–Crippen MR) is 69.9 cm³/mol. The van der Waals surface area contributed by atoms with Crippen LogP contribution in [0.2, 0.25) is 0 Å². The molecule has 0 aromatic carbocycles. The van der Waals surface area contributed by atoms with Gasteiger partial charge in [-0.25, -0.2) is 0 Å². The van der Waals surface area contributed by atoms with Crippen molar-refractivity contribution in [1.29, 1.82) is 0 Å². The number of rotatable bonds is 3. The normalized spacial score (nSPS) is 25.1. The van der Waals surface area contributed by atoms with Gasteiger partial charge in [0.15, 0.2) is 0 Å². The first-order valence-corrected chi connectivity index (χ1v) is 7.68. The first-order chi connectivity index (χ1) is 8.17. The molecule has 0 bridgehead atoms. The topological polar surface area (TPSA) is 37.4 Å². The second-order valence-corrected chi connectivity index (χ2v) is 5.98. The Morgan fingerprint density at radius 3 is 2.12 bits per heavy atom. The Bertz CT molecular complexity index is 295. The molecule has 0 aromatic heterocycles. The van der Waals surface area contributed by atoms with E-state index < -0.39 is 0 Å². The fourth-order valence-corrected chi connectivity index (χ4v) is 3.69. The summed E-state index contributed by atoms with van der Waals surface area (Å²) in [7, 11) is 0. The molecule has 2 rings (SSSR count). The van der Waals surface area contributed by atoms with Crippen molar-refractivity contribution in [3.05, 3.63) is 0 Å². The van der Waals surface area contributed by atoms with Crippen LogP contribution in [0.5, 0.6) is 0 Å². The molecule has 0 atom stereocenters. The number of piperidine rings is 1. The first-order valence-electron chi connectivity index (χ1n) is 6.56. The van der Waals surface area contributed by atoms with Gasteiger partial charge < -0.3 is 0 Å². The lowest BCUT2D eigenvalue weighted by Crippen LogP contribution is -2.48. The van der Waals surface area contributed by atoms with Gasteiger partial charge in [-0.1, -0.05) is 35.2 Å². The lowest BCUT2D eigenvalue weighted by molar-refractivity contribution is -0.150. The van der Waals surface area contributed by atoms with Crippen molar-refractivity contribution in [2.24, 2.45) is 5.41 Å². The van der Waals surface area contributed by atoms with Gasteiger partial charge in [0.05, 0.1) is 0 Å². The molecule has 1 aliphatic heterocycles. The van der Waals surface area contributed by atoms with Crippen LogP contribution in [0.4, 0.5) is 0 Å². The molecule has 0 spiro atoms. The zero-order chi connectivity index (χ0) is 12.3. The molecule has 3 nitrogen and oxygen atoms in total. The van der Waals surface area contributed by atoms with E-state index in [0.717, 1.165) is 24.6 Å². The molecule has 96 valence electrons. The molecular formula is C13H20BrNO2.